The minimum absolute atomic E-state index is 0.162. The molecule has 48 heavy (non-hydrogen) atoms. The van der Waals surface area contributed by atoms with Crippen LogP contribution in [0.15, 0.2) is 0 Å². The fourth-order valence-electron chi connectivity index (χ4n) is 4.52. The van der Waals surface area contributed by atoms with E-state index in [1.807, 2.05) is 0 Å². The lowest BCUT2D eigenvalue weighted by Crippen LogP contribution is -2.77. The second kappa shape index (κ2) is 20.9. The van der Waals surface area contributed by atoms with Crippen LogP contribution in [0.4, 0.5) is 0 Å². The Hall–Kier alpha value is -5.16. The third-order valence-electron chi connectivity index (χ3n) is 6.60. The molecule has 18 heteroatoms. The zero-order chi connectivity index (χ0) is 36.1. The molecule has 0 heterocycles. The second-order valence-electron chi connectivity index (χ2n) is 10.3. The molecule has 264 valence electrons. The fourth-order valence-corrected chi connectivity index (χ4v) is 4.52. The maximum atomic E-state index is 13.4. The fraction of sp³-hybridized carbons (Fsp3) is 0.600. The van der Waals surface area contributed by atoms with Crippen LogP contribution in [0, 0.1) is 32.5 Å². The van der Waals surface area contributed by atoms with Crippen molar-refractivity contribution in [1.82, 2.24) is 0 Å². The summed E-state index contributed by atoms with van der Waals surface area (Å²) in [4.78, 5) is 79.9. The van der Waals surface area contributed by atoms with Crippen LogP contribution < -0.4 is 0 Å². The van der Waals surface area contributed by atoms with Crippen LogP contribution in [0.1, 0.15) is 96.3 Å². The third kappa shape index (κ3) is 11.6. The lowest BCUT2D eigenvalue weighted by molar-refractivity contribution is -0.460. The lowest BCUT2D eigenvalue weighted by Gasteiger charge is -2.54. The first kappa shape index (κ1) is 40.9. The molecular weight excluding hydrogens is 636 g/mol. The van der Waals surface area contributed by atoms with Gasteiger partial charge < -0.3 is 60.9 Å². The van der Waals surface area contributed by atoms with Crippen LogP contribution in [0.5, 0.6) is 0 Å². The summed E-state index contributed by atoms with van der Waals surface area (Å²) in [5.41, 5.74) is 0. The van der Waals surface area contributed by atoms with Crippen molar-refractivity contribution >= 4 is 73.1 Å². The number of esters is 6. The SMILES string of the molecule is N=CCCC(=O)OC1(OC(=O)CCC=N)CCCC(OC(=O)CCC=N)(OC(=O)CCC=N)C1(OC(=O)CCC=N)OC(=O)CCC=N. The Labute approximate surface area is 276 Å². The minimum Gasteiger partial charge on any atom is -0.414 e. The molecule has 18 nitrogen and oxygen atoms in total. The molecule has 1 aliphatic carbocycles. The summed E-state index contributed by atoms with van der Waals surface area (Å²) in [6, 6.07) is 0. The van der Waals surface area contributed by atoms with E-state index >= 15 is 0 Å². The topological polar surface area (TPSA) is 301 Å². The van der Waals surface area contributed by atoms with Gasteiger partial charge in [-0.15, -0.1) is 0 Å². The maximum absolute atomic E-state index is 13.4. The van der Waals surface area contributed by atoms with E-state index in [4.69, 9.17) is 60.9 Å². The number of hydrogen-bond donors (Lipinski definition) is 6. The van der Waals surface area contributed by atoms with Gasteiger partial charge in [0.15, 0.2) is 0 Å². The van der Waals surface area contributed by atoms with E-state index < -0.39 is 105 Å². The number of rotatable bonds is 24. The van der Waals surface area contributed by atoms with Gasteiger partial charge in [0.25, 0.3) is 0 Å². The first-order valence-corrected chi connectivity index (χ1v) is 15.2. The Morgan fingerprint density at radius 2 is 0.604 bits per heavy atom. The maximum Gasteiger partial charge on any atom is 0.414 e. The van der Waals surface area contributed by atoms with E-state index in [1.54, 1.807) is 0 Å². The zero-order valence-corrected chi connectivity index (χ0v) is 26.5. The van der Waals surface area contributed by atoms with E-state index in [9.17, 15) is 28.8 Å². The smallest absolute Gasteiger partial charge is 0.414 e. The highest BCUT2D eigenvalue weighted by molar-refractivity contribution is 5.80. The second-order valence-corrected chi connectivity index (χ2v) is 10.3. The summed E-state index contributed by atoms with van der Waals surface area (Å²) >= 11 is 0. The Morgan fingerprint density at radius 3 is 0.812 bits per heavy atom. The third-order valence-corrected chi connectivity index (χ3v) is 6.60. The molecule has 1 rings (SSSR count). The van der Waals surface area contributed by atoms with Crippen LogP contribution in [-0.4, -0.2) is 90.5 Å². The molecule has 0 spiro atoms. The molecule has 0 saturated heterocycles. The van der Waals surface area contributed by atoms with Crippen molar-refractivity contribution in [3.63, 3.8) is 0 Å². The predicted molar refractivity (Wildman–Crippen MR) is 167 cm³/mol. The lowest BCUT2D eigenvalue weighted by atomic mass is 9.80. The Balaban J connectivity index is 4.32. The zero-order valence-electron chi connectivity index (χ0n) is 26.5. The Morgan fingerprint density at radius 1 is 0.396 bits per heavy atom. The highest BCUT2D eigenvalue weighted by Gasteiger charge is 2.81. The highest BCUT2D eigenvalue weighted by atomic mass is 16.9. The molecule has 1 aliphatic rings. The van der Waals surface area contributed by atoms with Gasteiger partial charge in [-0.05, 0) is 82.2 Å². The van der Waals surface area contributed by atoms with E-state index in [0.29, 0.717) is 0 Å². The molecule has 0 bridgehead atoms. The molecule has 1 saturated carbocycles. The normalized spacial score (nSPS) is 21.2. The van der Waals surface area contributed by atoms with Gasteiger partial charge in [0.05, 0.1) is 38.5 Å². The van der Waals surface area contributed by atoms with E-state index in [0.717, 1.165) is 37.3 Å². The quantitative estimate of drug-likeness (QED) is 0.0371. The molecule has 1 fully saturated rings. The van der Waals surface area contributed by atoms with Crippen LogP contribution in [0.2, 0.25) is 0 Å². The van der Waals surface area contributed by atoms with Gasteiger partial charge in [-0.3, -0.25) is 28.8 Å². The molecular formula is C30H42N6O12. The first-order valence-electron chi connectivity index (χ1n) is 15.2. The standard InChI is InChI=1S/C30H42N6O12/c31-16-1-8-22(37)43-28(44-23(38)9-2-17-32)14-7-15-29(45-24(39)10-3-18-33,46-25(40)11-4-19-34)30(28,47-26(41)12-5-20-35)48-27(42)13-6-21-36/h16-21,31-36H,1-15H2. The van der Waals surface area contributed by atoms with Crippen LogP contribution in [0.3, 0.4) is 0 Å². The van der Waals surface area contributed by atoms with E-state index in [-0.39, 0.29) is 44.9 Å². The number of ether oxygens (including phenoxy) is 6. The molecule has 0 aliphatic heterocycles. The summed E-state index contributed by atoms with van der Waals surface area (Å²) in [6.45, 7) is 0. The van der Waals surface area contributed by atoms with Gasteiger partial charge in [-0.25, -0.2) is 0 Å². The number of carbonyl (C=O) groups is 6. The van der Waals surface area contributed by atoms with Crippen molar-refractivity contribution < 1.29 is 57.2 Å². The summed E-state index contributed by atoms with van der Waals surface area (Å²) in [5, 5.41) is 43.9. The van der Waals surface area contributed by atoms with Gasteiger partial charge in [0.2, 0.25) is 0 Å². The van der Waals surface area contributed by atoms with Crippen molar-refractivity contribution in [2.45, 2.75) is 114 Å². The summed E-state index contributed by atoms with van der Waals surface area (Å²) in [7, 11) is 0. The first-order chi connectivity index (χ1) is 22.9. The van der Waals surface area contributed by atoms with Crippen molar-refractivity contribution in [1.29, 1.82) is 32.5 Å². The van der Waals surface area contributed by atoms with E-state index in [1.165, 1.54) is 0 Å². The van der Waals surface area contributed by atoms with Crippen molar-refractivity contribution in [3.8, 4) is 0 Å². The van der Waals surface area contributed by atoms with Gasteiger partial charge in [0.1, 0.15) is 0 Å². The summed E-state index contributed by atoms with van der Waals surface area (Å²) < 4.78 is 34.3. The monoisotopic (exact) mass is 678 g/mol. The average molecular weight is 679 g/mol. The number of nitrogens with one attached hydrogen (secondary N) is 6. The van der Waals surface area contributed by atoms with Crippen molar-refractivity contribution in [2.75, 3.05) is 0 Å². The number of carbonyl (C=O) groups excluding carboxylic acids is 6. The van der Waals surface area contributed by atoms with E-state index in [2.05, 4.69) is 0 Å². The van der Waals surface area contributed by atoms with Gasteiger partial charge in [0, 0.05) is 12.8 Å². The number of hydrogen-bond acceptors (Lipinski definition) is 18. The average Bonchev–Trinajstić information content (AvgIpc) is 3.04. The highest BCUT2D eigenvalue weighted by Crippen LogP contribution is 2.54. The van der Waals surface area contributed by atoms with Gasteiger partial charge in [-0.2, -0.15) is 0 Å². The van der Waals surface area contributed by atoms with Crippen LogP contribution in [-0.2, 0) is 57.2 Å². The predicted octanol–water partition coefficient (Wildman–Crippen LogP) is 3.10. The molecule has 0 amide bonds. The van der Waals surface area contributed by atoms with Crippen molar-refractivity contribution in [3.05, 3.63) is 0 Å². The molecule has 6 N–H and O–H groups in total. The van der Waals surface area contributed by atoms with Crippen molar-refractivity contribution in [2.24, 2.45) is 0 Å². The summed E-state index contributed by atoms with van der Waals surface area (Å²) in [6.07, 6.45) is -0.339. The molecule has 0 aromatic heterocycles. The molecule has 0 unspecified atom stereocenters. The van der Waals surface area contributed by atoms with Crippen LogP contribution >= 0.6 is 0 Å². The Kier molecular flexibility index (Phi) is 17.8. The largest absolute Gasteiger partial charge is 0.414 e. The molecule has 0 aromatic carbocycles. The van der Waals surface area contributed by atoms with Gasteiger partial charge >= 0.3 is 53.2 Å². The molecule has 0 aromatic rings. The molecule has 0 atom stereocenters. The van der Waals surface area contributed by atoms with Crippen LogP contribution in [0.25, 0.3) is 0 Å². The Bertz CT molecular complexity index is 1090. The molecule has 0 radical (unpaired) electrons. The minimum atomic E-state index is -3.39. The van der Waals surface area contributed by atoms with Gasteiger partial charge in [-0.1, -0.05) is 0 Å². The summed E-state index contributed by atoms with van der Waals surface area (Å²) in [5.74, 6) is -16.5.